The Bertz CT molecular complexity index is 574. The Hall–Kier alpha value is -1.37. The maximum Gasteiger partial charge on any atom is 0.225 e. The lowest BCUT2D eigenvalue weighted by Gasteiger charge is -2.20. The quantitative estimate of drug-likeness (QED) is 0.869. The highest BCUT2D eigenvalue weighted by molar-refractivity contribution is 7.90. The van der Waals surface area contributed by atoms with Gasteiger partial charge >= 0.3 is 0 Å². The van der Waals surface area contributed by atoms with Gasteiger partial charge in [-0.3, -0.25) is 9.48 Å². The van der Waals surface area contributed by atoms with Gasteiger partial charge in [0.1, 0.15) is 9.84 Å². The van der Waals surface area contributed by atoms with E-state index in [2.05, 4.69) is 10.4 Å². The Balaban J connectivity index is 1.79. The SMILES string of the molecule is CS(=O)(=O)CCn1ccc(NC(=O)CC2CCCCC2)n1. The van der Waals surface area contributed by atoms with E-state index >= 15 is 0 Å². The minimum atomic E-state index is -3.00. The monoisotopic (exact) mass is 313 g/mol. The van der Waals surface area contributed by atoms with E-state index in [4.69, 9.17) is 0 Å². The van der Waals surface area contributed by atoms with Gasteiger partial charge in [-0.15, -0.1) is 0 Å². The number of hydrogen-bond acceptors (Lipinski definition) is 4. The number of aromatic nitrogens is 2. The Kier molecular flexibility index (Phi) is 5.39. The van der Waals surface area contributed by atoms with E-state index in [0.29, 0.717) is 24.7 Å². The summed E-state index contributed by atoms with van der Waals surface area (Å²) < 4.78 is 23.7. The van der Waals surface area contributed by atoms with Crippen LogP contribution in [0.4, 0.5) is 5.82 Å². The van der Waals surface area contributed by atoms with Gasteiger partial charge in [-0.25, -0.2) is 8.42 Å². The fourth-order valence-electron chi connectivity index (χ4n) is 2.66. The molecule has 1 aromatic rings. The summed E-state index contributed by atoms with van der Waals surface area (Å²) in [6.45, 7) is 0.303. The summed E-state index contributed by atoms with van der Waals surface area (Å²) in [4.78, 5) is 12.0. The lowest BCUT2D eigenvalue weighted by atomic mass is 9.87. The standard InChI is InChI=1S/C14H23N3O3S/c1-21(19,20)10-9-17-8-7-13(16-17)15-14(18)11-12-5-3-2-4-6-12/h7-8,12H,2-6,9-11H2,1H3,(H,15,16,18). The molecule has 0 unspecified atom stereocenters. The van der Waals surface area contributed by atoms with E-state index in [1.165, 1.54) is 30.2 Å². The molecule has 118 valence electrons. The largest absolute Gasteiger partial charge is 0.309 e. The maximum atomic E-state index is 12.0. The van der Waals surface area contributed by atoms with Crippen LogP contribution in [0.25, 0.3) is 0 Å². The molecular formula is C14H23N3O3S. The number of nitrogens with zero attached hydrogens (tertiary/aromatic N) is 2. The molecule has 0 saturated heterocycles. The van der Waals surface area contributed by atoms with Crippen LogP contribution in [0.2, 0.25) is 0 Å². The molecule has 1 aliphatic carbocycles. The zero-order valence-corrected chi connectivity index (χ0v) is 13.2. The molecule has 1 fully saturated rings. The summed E-state index contributed by atoms with van der Waals surface area (Å²) in [5.41, 5.74) is 0. The number of anilines is 1. The maximum absolute atomic E-state index is 12.0. The normalized spacial score (nSPS) is 16.8. The number of carbonyl (C=O) groups excluding carboxylic acids is 1. The van der Waals surface area contributed by atoms with Crippen LogP contribution in [0.5, 0.6) is 0 Å². The van der Waals surface area contributed by atoms with Crippen molar-refractivity contribution in [1.82, 2.24) is 9.78 Å². The number of nitrogens with one attached hydrogen (secondary N) is 1. The highest BCUT2D eigenvalue weighted by atomic mass is 32.2. The van der Waals surface area contributed by atoms with Crippen molar-refractivity contribution in [2.75, 3.05) is 17.3 Å². The first-order valence-corrected chi connectivity index (χ1v) is 9.49. The molecule has 2 rings (SSSR count). The van der Waals surface area contributed by atoms with Crippen molar-refractivity contribution in [1.29, 1.82) is 0 Å². The van der Waals surface area contributed by atoms with Crippen LogP contribution in [0.1, 0.15) is 38.5 Å². The summed E-state index contributed by atoms with van der Waals surface area (Å²) in [6, 6.07) is 1.70. The van der Waals surface area contributed by atoms with Crippen LogP contribution < -0.4 is 5.32 Å². The second kappa shape index (κ2) is 7.06. The highest BCUT2D eigenvalue weighted by Gasteiger charge is 2.17. The van der Waals surface area contributed by atoms with Crippen molar-refractivity contribution in [3.8, 4) is 0 Å². The van der Waals surface area contributed by atoms with Crippen LogP contribution in [0.15, 0.2) is 12.3 Å². The third-order valence-electron chi connectivity index (χ3n) is 3.80. The molecule has 7 heteroatoms. The van der Waals surface area contributed by atoms with Crippen molar-refractivity contribution < 1.29 is 13.2 Å². The Morgan fingerprint density at radius 1 is 1.38 bits per heavy atom. The first-order chi connectivity index (χ1) is 9.92. The molecule has 21 heavy (non-hydrogen) atoms. The van der Waals surface area contributed by atoms with Gasteiger partial charge in [-0.1, -0.05) is 19.3 Å². The second-order valence-electron chi connectivity index (χ2n) is 5.85. The zero-order valence-electron chi connectivity index (χ0n) is 12.4. The van der Waals surface area contributed by atoms with Crippen molar-refractivity contribution in [3.63, 3.8) is 0 Å². The number of sulfone groups is 1. The van der Waals surface area contributed by atoms with Gasteiger partial charge in [0, 0.05) is 24.9 Å². The van der Waals surface area contributed by atoms with E-state index in [1.54, 1.807) is 12.3 Å². The van der Waals surface area contributed by atoms with Crippen molar-refractivity contribution in [2.24, 2.45) is 5.92 Å². The highest BCUT2D eigenvalue weighted by Crippen LogP contribution is 2.26. The van der Waals surface area contributed by atoms with E-state index in [1.807, 2.05) is 0 Å². The summed E-state index contributed by atoms with van der Waals surface area (Å²) in [5.74, 6) is 1.02. The molecule has 0 radical (unpaired) electrons. The van der Waals surface area contributed by atoms with Crippen LogP contribution in [-0.2, 0) is 21.2 Å². The topological polar surface area (TPSA) is 81.1 Å². The lowest BCUT2D eigenvalue weighted by Crippen LogP contribution is -2.19. The number of aryl methyl sites for hydroxylation is 1. The van der Waals surface area contributed by atoms with Crippen molar-refractivity contribution in [3.05, 3.63) is 12.3 Å². The van der Waals surface area contributed by atoms with Gasteiger partial charge in [0.15, 0.2) is 5.82 Å². The van der Waals surface area contributed by atoms with Crippen LogP contribution in [0, 0.1) is 5.92 Å². The summed E-state index contributed by atoms with van der Waals surface area (Å²) in [6.07, 6.45) is 9.42. The van der Waals surface area contributed by atoms with Gasteiger partial charge in [-0.05, 0) is 18.8 Å². The van der Waals surface area contributed by atoms with Crippen molar-refractivity contribution in [2.45, 2.75) is 45.1 Å². The van der Waals surface area contributed by atoms with Gasteiger partial charge < -0.3 is 5.32 Å². The Labute approximate surface area is 125 Å². The molecule has 0 atom stereocenters. The number of rotatable bonds is 6. The Morgan fingerprint density at radius 2 is 2.10 bits per heavy atom. The Morgan fingerprint density at radius 3 is 2.76 bits per heavy atom. The second-order valence-corrected chi connectivity index (χ2v) is 8.11. The fourth-order valence-corrected chi connectivity index (χ4v) is 3.18. The summed E-state index contributed by atoms with van der Waals surface area (Å²) in [7, 11) is -3.00. The molecule has 1 saturated carbocycles. The first-order valence-electron chi connectivity index (χ1n) is 7.43. The summed E-state index contributed by atoms with van der Waals surface area (Å²) >= 11 is 0. The average molecular weight is 313 g/mol. The molecule has 0 bridgehead atoms. The molecule has 1 N–H and O–H groups in total. The van der Waals surface area contributed by atoms with Crippen molar-refractivity contribution >= 4 is 21.6 Å². The summed E-state index contributed by atoms with van der Waals surface area (Å²) in [5, 5.41) is 6.95. The van der Waals surface area contributed by atoms with E-state index in [-0.39, 0.29) is 11.7 Å². The molecule has 6 nitrogen and oxygen atoms in total. The number of amides is 1. The first kappa shape index (κ1) is 16.0. The third-order valence-corrected chi connectivity index (χ3v) is 4.72. The zero-order chi connectivity index (χ0) is 15.3. The van der Waals surface area contributed by atoms with Gasteiger partial charge in [0.05, 0.1) is 12.3 Å². The molecule has 1 aromatic heterocycles. The van der Waals surface area contributed by atoms with Crippen LogP contribution in [0.3, 0.4) is 0 Å². The number of hydrogen-bond donors (Lipinski definition) is 1. The van der Waals surface area contributed by atoms with Gasteiger partial charge in [0.2, 0.25) is 5.91 Å². The molecule has 0 aromatic carbocycles. The van der Waals surface area contributed by atoms with Gasteiger partial charge in [-0.2, -0.15) is 5.10 Å². The van der Waals surface area contributed by atoms with Crippen LogP contribution in [-0.4, -0.2) is 36.1 Å². The van der Waals surface area contributed by atoms with Gasteiger partial charge in [0.25, 0.3) is 0 Å². The van der Waals surface area contributed by atoms with E-state index < -0.39 is 9.84 Å². The number of carbonyl (C=O) groups is 1. The predicted molar refractivity (Wildman–Crippen MR) is 81.8 cm³/mol. The smallest absolute Gasteiger partial charge is 0.225 e. The third kappa shape index (κ3) is 5.87. The molecule has 0 spiro atoms. The van der Waals surface area contributed by atoms with Crippen LogP contribution >= 0.6 is 0 Å². The molecule has 1 amide bonds. The average Bonchev–Trinajstić information content (AvgIpc) is 2.84. The van der Waals surface area contributed by atoms with E-state index in [9.17, 15) is 13.2 Å². The lowest BCUT2D eigenvalue weighted by molar-refractivity contribution is -0.117. The minimum Gasteiger partial charge on any atom is -0.309 e. The fraction of sp³-hybridized carbons (Fsp3) is 0.714. The molecular weight excluding hydrogens is 290 g/mol. The van der Waals surface area contributed by atoms with E-state index in [0.717, 1.165) is 12.8 Å². The molecule has 1 heterocycles. The predicted octanol–water partition coefficient (Wildman–Crippen LogP) is 1.84. The minimum absolute atomic E-state index is 0.00439. The molecule has 0 aliphatic heterocycles. The molecule has 1 aliphatic rings.